The normalized spacial score (nSPS) is 12.6. The van der Waals surface area contributed by atoms with Crippen LogP contribution in [0, 0.1) is 0 Å². The third-order valence-electron chi connectivity index (χ3n) is 2.76. The highest BCUT2D eigenvalue weighted by Gasteiger charge is 2.04. The second-order valence-corrected chi connectivity index (χ2v) is 5.46. The molecular formula is C15H25NOS. The molecule has 1 rings (SSSR count). The number of thioether (sulfide) groups is 1. The second kappa shape index (κ2) is 9.42. The number of benzene rings is 1. The van der Waals surface area contributed by atoms with Gasteiger partial charge in [0.05, 0.1) is 6.61 Å². The minimum atomic E-state index is 0.428. The fraction of sp³-hybridized carbons (Fsp3) is 0.600. The van der Waals surface area contributed by atoms with Crippen LogP contribution >= 0.6 is 11.8 Å². The molecule has 1 atom stereocenters. The van der Waals surface area contributed by atoms with E-state index in [1.165, 1.54) is 16.9 Å². The summed E-state index contributed by atoms with van der Waals surface area (Å²) in [7, 11) is 0. The van der Waals surface area contributed by atoms with E-state index in [0.29, 0.717) is 6.04 Å². The van der Waals surface area contributed by atoms with Crippen LogP contribution in [0.4, 0.5) is 0 Å². The van der Waals surface area contributed by atoms with Crippen molar-refractivity contribution in [2.24, 2.45) is 0 Å². The lowest BCUT2D eigenvalue weighted by Crippen LogP contribution is -2.19. The van der Waals surface area contributed by atoms with Gasteiger partial charge in [-0.15, -0.1) is 11.8 Å². The quantitative estimate of drug-likeness (QED) is 0.542. The van der Waals surface area contributed by atoms with Gasteiger partial charge in [0.2, 0.25) is 0 Å². The lowest BCUT2D eigenvalue weighted by atomic mass is 10.1. The molecule has 2 nitrogen and oxygen atoms in total. The zero-order valence-corrected chi connectivity index (χ0v) is 12.6. The van der Waals surface area contributed by atoms with Crippen molar-refractivity contribution in [1.29, 1.82) is 0 Å². The lowest BCUT2D eigenvalue weighted by molar-refractivity contribution is 0.164. The molecule has 0 radical (unpaired) electrons. The van der Waals surface area contributed by atoms with Gasteiger partial charge in [0.15, 0.2) is 0 Å². The third-order valence-corrected chi connectivity index (χ3v) is 3.72. The van der Waals surface area contributed by atoms with Gasteiger partial charge in [0, 0.05) is 23.3 Å². The highest BCUT2D eigenvalue weighted by molar-refractivity contribution is 7.99. The minimum absolute atomic E-state index is 0.428. The van der Waals surface area contributed by atoms with Crippen molar-refractivity contribution >= 4 is 11.8 Å². The standard InChI is InChI=1S/C15H25NOS/c1-4-9-16-13(3)14-7-6-8-15(12-14)18-11-10-17-5-2/h6-8,12-13,16H,4-5,9-11H2,1-3H3. The van der Waals surface area contributed by atoms with Crippen molar-refractivity contribution in [3.8, 4) is 0 Å². The van der Waals surface area contributed by atoms with Crippen LogP contribution in [-0.4, -0.2) is 25.5 Å². The molecule has 102 valence electrons. The summed E-state index contributed by atoms with van der Waals surface area (Å²) in [6.07, 6.45) is 1.17. The Morgan fingerprint density at radius 1 is 1.33 bits per heavy atom. The molecule has 1 aromatic rings. The van der Waals surface area contributed by atoms with E-state index >= 15 is 0 Å². The van der Waals surface area contributed by atoms with Crippen LogP contribution in [0.1, 0.15) is 38.8 Å². The van der Waals surface area contributed by atoms with Gasteiger partial charge < -0.3 is 10.1 Å². The maximum atomic E-state index is 5.35. The predicted octanol–water partition coefficient (Wildman–Crippen LogP) is 3.88. The topological polar surface area (TPSA) is 21.3 Å². The summed E-state index contributed by atoms with van der Waals surface area (Å²) < 4.78 is 5.35. The zero-order chi connectivity index (χ0) is 13.2. The summed E-state index contributed by atoms with van der Waals surface area (Å²) in [5.41, 5.74) is 1.37. The average molecular weight is 267 g/mol. The van der Waals surface area contributed by atoms with Crippen LogP contribution in [0.25, 0.3) is 0 Å². The van der Waals surface area contributed by atoms with Crippen LogP contribution in [0.5, 0.6) is 0 Å². The molecule has 0 saturated heterocycles. The molecule has 0 amide bonds. The van der Waals surface area contributed by atoms with Crippen LogP contribution in [0.2, 0.25) is 0 Å². The summed E-state index contributed by atoms with van der Waals surface area (Å²) in [5, 5.41) is 3.52. The number of ether oxygens (including phenoxy) is 1. The average Bonchev–Trinajstić information content (AvgIpc) is 2.41. The molecule has 0 heterocycles. The molecule has 1 aromatic carbocycles. The van der Waals surface area contributed by atoms with Gasteiger partial charge in [-0.1, -0.05) is 19.1 Å². The molecule has 0 aliphatic carbocycles. The van der Waals surface area contributed by atoms with Crippen molar-refractivity contribution in [1.82, 2.24) is 5.32 Å². The van der Waals surface area contributed by atoms with E-state index in [-0.39, 0.29) is 0 Å². The highest BCUT2D eigenvalue weighted by atomic mass is 32.2. The smallest absolute Gasteiger partial charge is 0.0560 e. The van der Waals surface area contributed by atoms with Gasteiger partial charge in [-0.3, -0.25) is 0 Å². The molecular weight excluding hydrogens is 242 g/mol. The first-order valence-electron chi connectivity index (χ1n) is 6.81. The van der Waals surface area contributed by atoms with E-state index in [2.05, 4.69) is 43.4 Å². The Hall–Kier alpha value is -0.510. The molecule has 0 bridgehead atoms. The Bertz CT molecular complexity index is 330. The maximum Gasteiger partial charge on any atom is 0.0560 e. The lowest BCUT2D eigenvalue weighted by Gasteiger charge is -2.14. The Labute approximate surface area is 116 Å². The first-order chi connectivity index (χ1) is 8.77. The predicted molar refractivity (Wildman–Crippen MR) is 80.4 cm³/mol. The van der Waals surface area contributed by atoms with Crippen molar-refractivity contribution in [3.05, 3.63) is 29.8 Å². The van der Waals surface area contributed by atoms with E-state index in [9.17, 15) is 0 Å². The second-order valence-electron chi connectivity index (χ2n) is 4.29. The summed E-state index contributed by atoms with van der Waals surface area (Å²) in [5.74, 6) is 1.02. The summed E-state index contributed by atoms with van der Waals surface area (Å²) >= 11 is 1.86. The first-order valence-corrected chi connectivity index (χ1v) is 7.80. The fourth-order valence-corrected chi connectivity index (χ4v) is 2.55. The molecule has 0 aromatic heterocycles. The fourth-order valence-electron chi connectivity index (χ4n) is 1.72. The van der Waals surface area contributed by atoms with Crippen LogP contribution in [0.3, 0.4) is 0 Å². The van der Waals surface area contributed by atoms with Gasteiger partial charge in [0.1, 0.15) is 0 Å². The molecule has 3 heteroatoms. The van der Waals surface area contributed by atoms with E-state index in [1.54, 1.807) is 0 Å². The first kappa shape index (κ1) is 15.5. The molecule has 1 N–H and O–H groups in total. The molecule has 0 aliphatic rings. The van der Waals surface area contributed by atoms with E-state index < -0.39 is 0 Å². The Morgan fingerprint density at radius 3 is 2.89 bits per heavy atom. The van der Waals surface area contributed by atoms with Gasteiger partial charge >= 0.3 is 0 Å². The summed E-state index contributed by atoms with van der Waals surface area (Å²) in [6.45, 7) is 9.15. The third kappa shape index (κ3) is 5.89. The van der Waals surface area contributed by atoms with Crippen molar-refractivity contribution in [2.45, 2.75) is 38.1 Å². The number of hydrogen-bond acceptors (Lipinski definition) is 3. The van der Waals surface area contributed by atoms with E-state index in [1.807, 2.05) is 18.7 Å². The van der Waals surface area contributed by atoms with Gasteiger partial charge in [-0.2, -0.15) is 0 Å². The van der Waals surface area contributed by atoms with E-state index in [4.69, 9.17) is 4.74 Å². The number of rotatable bonds is 9. The highest BCUT2D eigenvalue weighted by Crippen LogP contribution is 2.22. The molecule has 18 heavy (non-hydrogen) atoms. The van der Waals surface area contributed by atoms with Crippen LogP contribution < -0.4 is 5.32 Å². The molecule has 0 fully saturated rings. The Balaban J connectivity index is 2.45. The van der Waals surface area contributed by atoms with Crippen molar-refractivity contribution in [2.75, 3.05) is 25.5 Å². The van der Waals surface area contributed by atoms with Gasteiger partial charge in [-0.25, -0.2) is 0 Å². The van der Waals surface area contributed by atoms with Crippen LogP contribution in [-0.2, 0) is 4.74 Å². The van der Waals surface area contributed by atoms with Crippen molar-refractivity contribution < 1.29 is 4.74 Å². The Kier molecular flexibility index (Phi) is 8.14. The van der Waals surface area contributed by atoms with Crippen LogP contribution in [0.15, 0.2) is 29.2 Å². The van der Waals surface area contributed by atoms with Gasteiger partial charge in [0.25, 0.3) is 0 Å². The molecule has 0 saturated carbocycles. The largest absolute Gasteiger partial charge is 0.381 e. The summed E-state index contributed by atoms with van der Waals surface area (Å²) in [6, 6.07) is 9.22. The Morgan fingerprint density at radius 2 is 2.17 bits per heavy atom. The molecule has 0 aliphatic heterocycles. The minimum Gasteiger partial charge on any atom is -0.381 e. The SMILES string of the molecule is CCCNC(C)c1cccc(SCCOCC)c1. The molecule has 1 unspecified atom stereocenters. The number of hydrogen-bond donors (Lipinski definition) is 1. The monoisotopic (exact) mass is 267 g/mol. The van der Waals surface area contributed by atoms with E-state index in [0.717, 1.165) is 25.5 Å². The zero-order valence-electron chi connectivity index (χ0n) is 11.7. The van der Waals surface area contributed by atoms with Crippen molar-refractivity contribution in [3.63, 3.8) is 0 Å². The summed E-state index contributed by atoms with van der Waals surface area (Å²) in [4.78, 5) is 1.33. The number of nitrogens with one attached hydrogen (secondary N) is 1. The van der Waals surface area contributed by atoms with Gasteiger partial charge in [-0.05, 0) is 44.5 Å². The maximum absolute atomic E-state index is 5.35. The molecule has 0 spiro atoms.